The Hall–Kier alpha value is -2.42. The van der Waals surface area contributed by atoms with Crippen molar-refractivity contribution in [1.29, 1.82) is 0 Å². The summed E-state index contributed by atoms with van der Waals surface area (Å²) in [7, 11) is 3.79. The predicted molar refractivity (Wildman–Crippen MR) is 144 cm³/mol. The molecule has 0 spiro atoms. The first-order valence-corrected chi connectivity index (χ1v) is 12.9. The molecule has 1 unspecified atom stereocenters. The monoisotopic (exact) mass is 555 g/mol. The first-order chi connectivity index (χ1) is 17.2. The van der Waals surface area contributed by atoms with Crippen LogP contribution < -0.4 is 9.80 Å². The number of likely N-dealkylation sites (N-methyl/N-ethyl adjacent to an activating group) is 1. The molecule has 1 aliphatic rings. The maximum absolute atomic E-state index is 14.2. The third-order valence-corrected chi connectivity index (χ3v) is 6.58. The van der Waals surface area contributed by atoms with Gasteiger partial charge in [0, 0.05) is 32.1 Å². The topological polar surface area (TPSA) is 53.1 Å². The number of anilines is 2. The molecule has 3 rings (SSSR count). The second kappa shape index (κ2) is 12.0. The van der Waals surface area contributed by atoms with Crippen LogP contribution in [0, 0.1) is 17.6 Å². The van der Waals surface area contributed by atoms with Gasteiger partial charge in [0.2, 0.25) is 5.91 Å². The lowest BCUT2D eigenvalue weighted by Crippen LogP contribution is -2.42. The summed E-state index contributed by atoms with van der Waals surface area (Å²) < 4.78 is 33.1. The Morgan fingerprint density at radius 2 is 1.76 bits per heavy atom. The minimum Gasteiger partial charge on any atom is -0.443 e. The molecule has 0 saturated carbocycles. The molecule has 0 aromatic heterocycles. The second-order valence-electron chi connectivity index (χ2n) is 10.5. The molecule has 0 N–H and O–H groups in total. The van der Waals surface area contributed by atoms with Crippen LogP contribution in [0.4, 0.5) is 25.0 Å². The highest BCUT2D eigenvalue weighted by atomic mass is 35.5. The summed E-state index contributed by atoms with van der Waals surface area (Å²) in [5.74, 6) is -1.46. The van der Waals surface area contributed by atoms with Gasteiger partial charge in [-0.05, 0) is 77.4 Å². The van der Waals surface area contributed by atoms with Gasteiger partial charge in [-0.3, -0.25) is 9.69 Å². The van der Waals surface area contributed by atoms with Crippen molar-refractivity contribution in [2.75, 3.05) is 43.5 Å². The standard InChI is InChI=1S/C27H33Cl2F2N3O3/c1-27(2,3)37-26(36)33(11-10-32(4)5)20-14-21(28)25(22(29)15-20)34-16-17(6-9-24(34)35)12-18-7-8-19(30)13-23(18)31/h7-8,13-15,17H,6,9-12,16H2,1-5H3. The number of carbonyl (C=O) groups excluding carboxylic acids is 2. The number of benzene rings is 2. The molecule has 0 radical (unpaired) electrons. The van der Waals surface area contributed by atoms with E-state index in [2.05, 4.69) is 0 Å². The van der Waals surface area contributed by atoms with Gasteiger partial charge in [0.15, 0.2) is 0 Å². The van der Waals surface area contributed by atoms with Crippen LogP contribution in [0.5, 0.6) is 0 Å². The van der Waals surface area contributed by atoms with E-state index >= 15 is 0 Å². The fourth-order valence-corrected chi connectivity index (χ4v) is 4.88. The molecule has 1 fully saturated rings. The van der Waals surface area contributed by atoms with Gasteiger partial charge in [-0.15, -0.1) is 0 Å². The second-order valence-corrected chi connectivity index (χ2v) is 11.4. The molecule has 10 heteroatoms. The lowest BCUT2D eigenvalue weighted by Gasteiger charge is -2.34. The molecule has 202 valence electrons. The van der Waals surface area contributed by atoms with Crippen LogP contribution in [-0.4, -0.2) is 56.2 Å². The van der Waals surface area contributed by atoms with Gasteiger partial charge in [0.05, 0.1) is 21.4 Å². The summed E-state index contributed by atoms with van der Waals surface area (Å²) in [6.45, 7) is 6.55. The van der Waals surface area contributed by atoms with Crippen molar-refractivity contribution in [2.45, 2.75) is 45.6 Å². The maximum Gasteiger partial charge on any atom is 0.414 e. The van der Waals surface area contributed by atoms with E-state index < -0.39 is 23.3 Å². The van der Waals surface area contributed by atoms with E-state index in [9.17, 15) is 18.4 Å². The fraction of sp³-hybridized carbons (Fsp3) is 0.481. The number of ether oxygens (including phenoxy) is 1. The van der Waals surface area contributed by atoms with Crippen LogP contribution in [-0.2, 0) is 16.0 Å². The largest absolute Gasteiger partial charge is 0.443 e. The van der Waals surface area contributed by atoms with E-state index in [-0.39, 0.29) is 34.8 Å². The molecule has 0 bridgehead atoms. The third kappa shape index (κ3) is 7.79. The quantitative estimate of drug-likeness (QED) is 0.388. The Balaban J connectivity index is 1.88. The lowest BCUT2D eigenvalue weighted by atomic mass is 9.90. The zero-order valence-corrected chi connectivity index (χ0v) is 23.3. The van der Waals surface area contributed by atoms with E-state index in [0.29, 0.717) is 42.9 Å². The summed E-state index contributed by atoms with van der Waals surface area (Å²) in [5, 5.41) is 0.422. The van der Waals surface area contributed by atoms with Crippen molar-refractivity contribution >= 4 is 46.6 Å². The van der Waals surface area contributed by atoms with Gasteiger partial charge in [-0.1, -0.05) is 29.3 Å². The summed E-state index contributed by atoms with van der Waals surface area (Å²) >= 11 is 13.3. The zero-order chi connectivity index (χ0) is 27.5. The average molecular weight is 556 g/mol. The Kier molecular flexibility index (Phi) is 9.42. The molecular formula is C27H33Cl2F2N3O3. The molecule has 2 aromatic carbocycles. The summed E-state index contributed by atoms with van der Waals surface area (Å²) in [6.07, 6.45) is 0.621. The highest BCUT2D eigenvalue weighted by Crippen LogP contribution is 2.40. The van der Waals surface area contributed by atoms with E-state index in [1.54, 1.807) is 32.9 Å². The number of hydrogen-bond acceptors (Lipinski definition) is 4. The minimum absolute atomic E-state index is 0.0668. The van der Waals surface area contributed by atoms with Crippen LogP contribution in [0.15, 0.2) is 30.3 Å². The zero-order valence-electron chi connectivity index (χ0n) is 21.8. The molecule has 0 aliphatic carbocycles. The SMILES string of the molecule is CN(C)CCN(C(=O)OC(C)(C)C)c1cc(Cl)c(N2CC(Cc3ccc(F)cc3F)CCC2=O)c(Cl)c1. The fourth-order valence-electron chi connectivity index (χ4n) is 4.20. The number of rotatable bonds is 7. The average Bonchev–Trinajstić information content (AvgIpc) is 2.76. The van der Waals surface area contributed by atoms with Crippen LogP contribution in [0.25, 0.3) is 0 Å². The van der Waals surface area contributed by atoms with Crippen molar-refractivity contribution in [3.63, 3.8) is 0 Å². The molecular weight excluding hydrogens is 523 g/mol. The summed E-state index contributed by atoms with van der Waals surface area (Å²) in [5.41, 5.74) is 0.490. The smallest absolute Gasteiger partial charge is 0.414 e. The molecule has 1 heterocycles. The van der Waals surface area contributed by atoms with Crippen molar-refractivity contribution in [3.05, 3.63) is 57.6 Å². The first-order valence-electron chi connectivity index (χ1n) is 12.1. The van der Waals surface area contributed by atoms with E-state index in [0.717, 1.165) is 6.07 Å². The first kappa shape index (κ1) is 29.1. The van der Waals surface area contributed by atoms with Crippen LogP contribution in [0.2, 0.25) is 10.0 Å². The predicted octanol–water partition coefficient (Wildman–Crippen LogP) is 6.56. The van der Waals surface area contributed by atoms with Crippen LogP contribution >= 0.6 is 23.2 Å². The Bertz CT molecular complexity index is 1130. The van der Waals surface area contributed by atoms with Crippen molar-refractivity contribution < 1.29 is 23.1 Å². The van der Waals surface area contributed by atoms with Crippen molar-refractivity contribution in [2.24, 2.45) is 5.92 Å². The van der Waals surface area contributed by atoms with Gasteiger partial charge in [-0.25, -0.2) is 13.6 Å². The van der Waals surface area contributed by atoms with Gasteiger partial charge in [0.1, 0.15) is 17.2 Å². The normalized spacial score (nSPS) is 16.3. The molecule has 2 amide bonds. The van der Waals surface area contributed by atoms with Crippen molar-refractivity contribution in [3.8, 4) is 0 Å². The Morgan fingerprint density at radius 3 is 2.32 bits per heavy atom. The van der Waals surface area contributed by atoms with E-state index in [1.807, 2.05) is 19.0 Å². The molecule has 1 saturated heterocycles. The van der Waals surface area contributed by atoms with E-state index in [4.69, 9.17) is 27.9 Å². The Morgan fingerprint density at radius 1 is 1.11 bits per heavy atom. The van der Waals surface area contributed by atoms with Crippen LogP contribution in [0.1, 0.15) is 39.2 Å². The summed E-state index contributed by atoms with van der Waals surface area (Å²) in [4.78, 5) is 30.8. The minimum atomic E-state index is -0.694. The lowest BCUT2D eigenvalue weighted by molar-refractivity contribution is -0.120. The van der Waals surface area contributed by atoms with Crippen molar-refractivity contribution in [1.82, 2.24) is 4.90 Å². The number of halogens is 4. The van der Waals surface area contributed by atoms with Gasteiger partial charge in [-0.2, -0.15) is 0 Å². The Labute approximate surface area is 227 Å². The highest BCUT2D eigenvalue weighted by molar-refractivity contribution is 6.40. The number of piperidine rings is 1. The summed E-state index contributed by atoms with van der Waals surface area (Å²) in [6, 6.07) is 6.71. The van der Waals surface area contributed by atoms with E-state index in [1.165, 1.54) is 21.9 Å². The molecule has 37 heavy (non-hydrogen) atoms. The molecule has 1 atom stereocenters. The third-order valence-electron chi connectivity index (χ3n) is 6.00. The number of hydrogen-bond donors (Lipinski definition) is 0. The van der Waals surface area contributed by atoms with Crippen LogP contribution in [0.3, 0.4) is 0 Å². The molecule has 6 nitrogen and oxygen atoms in total. The van der Waals surface area contributed by atoms with Gasteiger partial charge < -0.3 is 14.5 Å². The van der Waals surface area contributed by atoms with Gasteiger partial charge in [0.25, 0.3) is 0 Å². The number of amides is 2. The maximum atomic E-state index is 14.2. The highest BCUT2D eigenvalue weighted by Gasteiger charge is 2.31. The number of carbonyl (C=O) groups is 2. The number of nitrogens with zero attached hydrogens (tertiary/aromatic N) is 3. The molecule has 1 aliphatic heterocycles. The van der Waals surface area contributed by atoms with Gasteiger partial charge >= 0.3 is 6.09 Å². The molecule has 2 aromatic rings.